The molecule has 1 amide bonds. The number of benzene rings is 2. The maximum atomic E-state index is 12.6. The van der Waals surface area contributed by atoms with Crippen molar-refractivity contribution in [2.24, 2.45) is 0 Å². The molecule has 2 aromatic carbocycles. The van der Waals surface area contributed by atoms with Crippen molar-refractivity contribution in [2.45, 2.75) is 32.2 Å². The highest BCUT2D eigenvalue weighted by molar-refractivity contribution is 7.90. The summed E-state index contributed by atoms with van der Waals surface area (Å²) < 4.78 is 29.2. The van der Waals surface area contributed by atoms with Crippen LogP contribution in [0.15, 0.2) is 53.4 Å². The van der Waals surface area contributed by atoms with Gasteiger partial charge in [0.25, 0.3) is 15.9 Å². The smallest absolute Gasteiger partial charge is 0.265 e. The third kappa shape index (κ3) is 4.26. The zero-order valence-electron chi connectivity index (χ0n) is 15.7. The van der Waals surface area contributed by atoms with Crippen LogP contribution in [0.5, 0.6) is 0 Å². The first kappa shape index (κ1) is 20.1. The van der Waals surface area contributed by atoms with Crippen LogP contribution in [0.25, 0.3) is 0 Å². The fourth-order valence-corrected chi connectivity index (χ4v) is 4.41. The third-order valence-corrected chi connectivity index (χ3v) is 6.24. The van der Waals surface area contributed by atoms with Crippen molar-refractivity contribution >= 4 is 27.5 Å². The Bertz CT molecular complexity index is 1150. The fraction of sp³-hybridized carbons (Fsp3) is 0.200. The van der Waals surface area contributed by atoms with Crippen LogP contribution in [0.3, 0.4) is 0 Å². The topological polar surface area (TPSA) is 81.1 Å². The number of nitrogens with one attached hydrogen (secondary N) is 1. The van der Waals surface area contributed by atoms with Gasteiger partial charge < -0.3 is 0 Å². The van der Waals surface area contributed by atoms with Crippen molar-refractivity contribution in [3.63, 3.8) is 0 Å². The van der Waals surface area contributed by atoms with Gasteiger partial charge in [0.05, 0.1) is 17.1 Å². The Labute approximate surface area is 169 Å². The number of hydrogen-bond donors (Lipinski definition) is 1. The highest BCUT2D eigenvalue weighted by Crippen LogP contribution is 2.22. The zero-order chi connectivity index (χ0) is 20.5. The molecule has 1 heterocycles. The average Bonchev–Trinajstić information content (AvgIpc) is 2.94. The van der Waals surface area contributed by atoms with Crippen molar-refractivity contribution in [2.75, 3.05) is 0 Å². The number of rotatable bonds is 5. The Kier molecular flexibility index (Phi) is 5.58. The Morgan fingerprint density at radius 1 is 1.11 bits per heavy atom. The molecule has 8 heteroatoms. The standard InChI is InChI=1S/C20H20ClN3O3S/c1-13-10-14(2)24(22-13)12-16-6-4-7-17(11-16)20(25)23-28(26,27)19-9-5-8-18(21)15(19)3/h4-11H,12H2,1-3H3,(H,23,25). The van der Waals surface area contributed by atoms with E-state index >= 15 is 0 Å². The Balaban J connectivity index is 1.83. The van der Waals surface area contributed by atoms with Crippen molar-refractivity contribution in [1.29, 1.82) is 0 Å². The minimum Gasteiger partial charge on any atom is -0.268 e. The molecular weight excluding hydrogens is 398 g/mol. The molecule has 3 rings (SSSR count). The normalized spacial score (nSPS) is 11.4. The van der Waals surface area contributed by atoms with Crippen LogP contribution in [0.4, 0.5) is 0 Å². The quantitative estimate of drug-likeness (QED) is 0.687. The molecule has 6 nitrogen and oxygen atoms in total. The summed E-state index contributed by atoms with van der Waals surface area (Å²) in [6.07, 6.45) is 0. The second-order valence-corrected chi connectivity index (χ2v) is 8.64. The largest absolute Gasteiger partial charge is 0.268 e. The van der Waals surface area contributed by atoms with Gasteiger partial charge in [-0.15, -0.1) is 0 Å². The molecule has 28 heavy (non-hydrogen) atoms. The van der Waals surface area contributed by atoms with Gasteiger partial charge in [-0.25, -0.2) is 13.1 Å². The van der Waals surface area contributed by atoms with E-state index in [2.05, 4.69) is 9.82 Å². The molecule has 0 bridgehead atoms. The van der Waals surface area contributed by atoms with Gasteiger partial charge in [0.2, 0.25) is 0 Å². The van der Waals surface area contributed by atoms with Gasteiger partial charge in [-0.2, -0.15) is 5.10 Å². The van der Waals surface area contributed by atoms with Crippen LogP contribution in [0, 0.1) is 20.8 Å². The Hall–Kier alpha value is -2.64. The molecule has 146 valence electrons. The summed E-state index contributed by atoms with van der Waals surface area (Å²) in [7, 11) is -4.04. The highest BCUT2D eigenvalue weighted by atomic mass is 35.5. The van der Waals surface area contributed by atoms with Crippen molar-refractivity contribution in [1.82, 2.24) is 14.5 Å². The summed E-state index contributed by atoms with van der Waals surface area (Å²) in [6, 6.07) is 13.3. The van der Waals surface area contributed by atoms with E-state index < -0.39 is 15.9 Å². The molecule has 0 aliphatic heterocycles. The lowest BCUT2D eigenvalue weighted by molar-refractivity contribution is 0.0981. The van der Waals surface area contributed by atoms with E-state index in [1.54, 1.807) is 31.2 Å². The number of nitrogens with zero attached hydrogens (tertiary/aromatic N) is 2. The minimum absolute atomic E-state index is 0.0212. The van der Waals surface area contributed by atoms with Crippen LogP contribution < -0.4 is 4.72 Å². The number of halogens is 1. The van der Waals surface area contributed by atoms with Crippen LogP contribution in [-0.4, -0.2) is 24.1 Å². The number of sulfonamides is 1. The molecule has 0 aliphatic carbocycles. The number of carbonyl (C=O) groups is 1. The number of aromatic nitrogens is 2. The molecule has 1 N–H and O–H groups in total. The van der Waals surface area contributed by atoms with Gasteiger partial charge in [0.15, 0.2) is 0 Å². The summed E-state index contributed by atoms with van der Waals surface area (Å²) in [5.74, 6) is -0.699. The van der Waals surface area contributed by atoms with Crippen LogP contribution in [0.2, 0.25) is 5.02 Å². The number of amides is 1. The van der Waals surface area contributed by atoms with Crippen LogP contribution in [0.1, 0.15) is 32.9 Å². The lowest BCUT2D eigenvalue weighted by atomic mass is 10.1. The SMILES string of the molecule is Cc1cc(C)n(Cc2cccc(C(=O)NS(=O)(=O)c3cccc(Cl)c3C)c2)n1. The Morgan fingerprint density at radius 2 is 1.82 bits per heavy atom. The maximum absolute atomic E-state index is 12.6. The molecule has 0 atom stereocenters. The van der Waals surface area contributed by atoms with Crippen LogP contribution >= 0.6 is 11.6 Å². The minimum atomic E-state index is -4.04. The van der Waals surface area contributed by atoms with Gasteiger partial charge in [0, 0.05) is 16.3 Å². The van der Waals surface area contributed by atoms with Gasteiger partial charge in [-0.3, -0.25) is 9.48 Å². The summed E-state index contributed by atoms with van der Waals surface area (Å²) in [5, 5.41) is 4.73. The second kappa shape index (κ2) is 7.77. The fourth-order valence-electron chi connectivity index (χ4n) is 2.93. The van der Waals surface area contributed by atoms with E-state index in [9.17, 15) is 13.2 Å². The molecule has 3 aromatic rings. The van der Waals surface area contributed by atoms with Gasteiger partial charge in [-0.1, -0.05) is 29.8 Å². The Morgan fingerprint density at radius 3 is 2.50 bits per heavy atom. The number of carbonyl (C=O) groups excluding carboxylic acids is 1. The van der Waals surface area contributed by atoms with E-state index in [0.717, 1.165) is 17.0 Å². The van der Waals surface area contributed by atoms with Gasteiger partial charge in [0.1, 0.15) is 0 Å². The maximum Gasteiger partial charge on any atom is 0.265 e. The second-order valence-electron chi connectivity index (χ2n) is 6.58. The first-order chi connectivity index (χ1) is 13.2. The van der Waals surface area contributed by atoms with Crippen molar-refractivity contribution < 1.29 is 13.2 Å². The monoisotopic (exact) mass is 417 g/mol. The zero-order valence-corrected chi connectivity index (χ0v) is 17.3. The van der Waals surface area contributed by atoms with E-state index in [1.807, 2.05) is 30.7 Å². The first-order valence-corrected chi connectivity index (χ1v) is 10.5. The molecule has 0 saturated carbocycles. The number of aryl methyl sites for hydroxylation is 2. The summed E-state index contributed by atoms with van der Waals surface area (Å²) in [6.45, 7) is 5.95. The van der Waals surface area contributed by atoms with E-state index in [0.29, 0.717) is 17.1 Å². The molecule has 0 fully saturated rings. The molecular formula is C20H20ClN3O3S. The summed E-state index contributed by atoms with van der Waals surface area (Å²) in [5.41, 5.74) is 3.40. The molecule has 1 aromatic heterocycles. The van der Waals surface area contributed by atoms with Crippen LogP contribution in [-0.2, 0) is 16.6 Å². The van der Waals surface area contributed by atoms with Crippen molar-refractivity contribution in [3.8, 4) is 0 Å². The third-order valence-electron chi connectivity index (χ3n) is 4.36. The summed E-state index contributed by atoms with van der Waals surface area (Å²) in [4.78, 5) is 12.5. The molecule has 0 saturated heterocycles. The first-order valence-electron chi connectivity index (χ1n) is 8.59. The molecule has 0 spiro atoms. The molecule has 0 aliphatic rings. The number of hydrogen-bond acceptors (Lipinski definition) is 4. The highest BCUT2D eigenvalue weighted by Gasteiger charge is 2.21. The molecule has 0 unspecified atom stereocenters. The predicted molar refractivity (Wildman–Crippen MR) is 108 cm³/mol. The predicted octanol–water partition coefficient (Wildman–Crippen LogP) is 3.63. The van der Waals surface area contributed by atoms with E-state index in [4.69, 9.17) is 11.6 Å². The van der Waals surface area contributed by atoms with Gasteiger partial charge >= 0.3 is 0 Å². The van der Waals surface area contributed by atoms with Gasteiger partial charge in [-0.05, 0) is 62.2 Å². The van der Waals surface area contributed by atoms with E-state index in [-0.39, 0.29) is 10.5 Å². The average molecular weight is 418 g/mol. The lowest BCUT2D eigenvalue weighted by Crippen LogP contribution is -2.31. The lowest BCUT2D eigenvalue weighted by Gasteiger charge is -2.11. The van der Waals surface area contributed by atoms with E-state index in [1.165, 1.54) is 12.1 Å². The van der Waals surface area contributed by atoms with Crippen molar-refractivity contribution in [3.05, 3.63) is 81.6 Å². The molecule has 0 radical (unpaired) electrons. The summed E-state index contributed by atoms with van der Waals surface area (Å²) >= 11 is 6.00.